The molecule has 0 bridgehead atoms. The minimum atomic E-state index is -0.624. The van der Waals surface area contributed by atoms with Gasteiger partial charge in [0.15, 0.2) is 0 Å². The molecule has 1 atom stereocenters. The van der Waals surface area contributed by atoms with Crippen molar-refractivity contribution >= 4 is 17.5 Å². The Bertz CT molecular complexity index is 393. The number of amides is 1. The van der Waals surface area contributed by atoms with Crippen molar-refractivity contribution in [3.8, 4) is 5.75 Å². The molecule has 0 heterocycles. The van der Waals surface area contributed by atoms with Crippen molar-refractivity contribution < 1.29 is 9.90 Å². The number of carbonyl (C=O) groups is 1. The summed E-state index contributed by atoms with van der Waals surface area (Å²) in [6.45, 7) is 1.77. The van der Waals surface area contributed by atoms with E-state index in [0.717, 1.165) is 5.56 Å². The van der Waals surface area contributed by atoms with E-state index >= 15 is 0 Å². The number of nitrogens with two attached hydrogens (primary N) is 2. The number of carbonyl (C=O) groups excluding carboxylic acids is 1. The highest BCUT2D eigenvalue weighted by Gasteiger charge is 2.14. The molecule has 82 valence electrons. The van der Waals surface area contributed by atoms with Gasteiger partial charge in [0.25, 0.3) is 0 Å². The molecule has 0 aliphatic heterocycles. The molecule has 0 saturated carbocycles. The van der Waals surface area contributed by atoms with Gasteiger partial charge in [-0.25, -0.2) is 0 Å². The fourth-order valence-electron chi connectivity index (χ4n) is 1.31. The third-order valence-electron chi connectivity index (χ3n) is 2.13. The molecule has 1 aromatic rings. The molecule has 0 aliphatic carbocycles. The molecule has 1 unspecified atom stereocenters. The second-order valence-electron chi connectivity index (χ2n) is 3.44. The highest BCUT2D eigenvalue weighted by Crippen LogP contribution is 2.30. The first-order valence-electron chi connectivity index (χ1n) is 4.44. The lowest BCUT2D eigenvalue weighted by Gasteiger charge is -2.13. The van der Waals surface area contributed by atoms with Crippen molar-refractivity contribution in [2.45, 2.75) is 19.4 Å². The molecule has 5 heteroatoms. The number of hydrogen-bond acceptors (Lipinski definition) is 3. The number of aromatic hydroxyl groups is 1. The molecule has 0 saturated heterocycles. The Morgan fingerprint density at radius 2 is 2.20 bits per heavy atom. The summed E-state index contributed by atoms with van der Waals surface area (Å²) in [6, 6.07) is 2.44. The molecule has 1 amide bonds. The average molecular weight is 229 g/mol. The quantitative estimate of drug-likeness (QED) is 0.727. The van der Waals surface area contributed by atoms with E-state index < -0.39 is 11.9 Å². The third-order valence-corrected chi connectivity index (χ3v) is 2.54. The molecule has 5 N–H and O–H groups in total. The number of benzene rings is 1. The number of phenolic OH excluding ortho intramolecular Hbond substituents is 1. The molecular weight excluding hydrogens is 216 g/mol. The Hall–Kier alpha value is -1.26. The van der Waals surface area contributed by atoms with Crippen LogP contribution >= 0.6 is 11.6 Å². The van der Waals surface area contributed by atoms with Crippen LogP contribution in [0.15, 0.2) is 12.1 Å². The predicted molar refractivity (Wildman–Crippen MR) is 58.6 cm³/mol. The minimum Gasteiger partial charge on any atom is -0.508 e. The maximum Gasteiger partial charge on any atom is 0.219 e. The van der Waals surface area contributed by atoms with Gasteiger partial charge in [-0.05, 0) is 24.6 Å². The van der Waals surface area contributed by atoms with Crippen LogP contribution in [0.3, 0.4) is 0 Å². The second kappa shape index (κ2) is 4.51. The number of primary amides is 1. The summed E-state index contributed by atoms with van der Waals surface area (Å²) in [5, 5.41) is 10.1. The van der Waals surface area contributed by atoms with Crippen molar-refractivity contribution in [1.29, 1.82) is 0 Å². The van der Waals surface area contributed by atoms with Gasteiger partial charge < -0.3 is 16.6 Å². The fourth-order valence-corrected chi connectivity index (χ4v) is 1.48. The number of aryl methyl sites for hydroxylation is 1. The van der Waals surface area contributed by atoms with E-state index in [2.05, 4.69) is 0 Å². The standard InChI is InChI=1S/C10H13ClN2O2/c1-5-2-9(14)6(3-7(5)11)8(12)4-10(13)15/h2-3,8,14H,4,12H2,1H3,(H2,13,15). The zero-order valence-electron chi connectivity index (χ0n) is 8.33. The van der Waals surface area contributed by atoms with Crippen LogP contribution in [0.5, 0.6) is 5.75 Å². The maximum absolute atomic E-state index is 10.7. The topological polar surface area (TPSA) is 89.3 Å². The normalized spacial score (nSPS) is 12.5. The van der Waals surface area contributed by atoms with Gasteiger partial charge in [-0.3, -0.25) is 4.79 Å². The van der Waals surface area contributed by atoms with Crippen LogP contribution in [-0.4, -0.2) is 11.0 Å². The van der Waals surface area contributed by atoms with Crippen LogP contribution in [0, 0.1) is 6.92 Å². The van der Waals surface area contributed by atoms with E-state index in [1.54, 1.807) is 13.0 Å². The molecule has 0 spiro atoms. The molecule has 0 radical (unpaired) electrons. The average Bonchev–Trinajstić information content (AvgIpc) is 2.09. The molecule has 1 rings (SSSR count). The summed E-state index contributed by atoms with van der Waals surface area (Å²) in [5.41, 5.74) is 11.9. The maximum atomic E-state index is 10.7. The highest BCUT2D eigenvalue weighted by atomic mass is 35.5. The Balaban J connectivity index is 3.03. The van der Waals surface area contributed by atoms with Crippen molar-refractivity contribution in [3.05, 3.63) is 28.3 Å². The van der Waals surface area contributed by atoms with Gasteiger partial charge in [0.1, 0.15) is 5.75 Å². The first kappa shape index (κ1) is 11.8. The van der Waals surface area contributed by atoms with E-state index in [4.69, 9.17) is 23.1 Å². The summed E-state index contributed by atoms with van der Waals surface area (Å²) < 4.78 is 0. The molecule has 15 heavy (non-hydrogen) atoms. The van der Waals surface area contributed by atoms with Crippen molar-refractivity contribution in [2.75, 3.05) is 0 Å². The smallest absolute Gasteiger partial charge is 0.219 e. The van der Waals surface area contributed by atoms with E-state index in [1.165, 1.54) is 6.07 Å². The van der Waals surface area contributed by atoms with Crippen molar-refractivity contribution in [2.24, 2.45) is 11.5 Å². The van der Waals surface area contributed by atoms with Gasteiger partial charge in [0.2, 0.25) is 5.91 Å². The van der Waals surface area contributed by atoms with Gasteiger partial charge in [-0.2, -0.15) is 0 Å². The van der Waals surface area contributed by atoms with Crippen LogP contribution < -0.4 is 11.5 Å². The predicted octanol–water partition coefficient (Wildman–Crippen LogP) is 1.23. The second-order valence-corrected chi connectivity index (χ2v) is 3.84. The van der Waals surface area contributed by atoms with Gasteiger partial charge in [0, 0.05) is 23.0 Å². The minimum absolute atomic E-state index is 0.0209. The van der Waals surface area contributed by atoms with Crippen LogP contribution in [0.25, 0.3) is 0 Å². The third kappa shape index (κ3) is 2.84. The van der Waals surface area contributed by atoms with Gasteiger partial charge >= 0.3 is 0 Å². The highest BCUT2D eigenvalue weighted by molar-refractivity contribution is 6.31. The Morgan fingerprint density at radius 3 is 2.73 bits per heavy atom. The van der Waals surface area contributed by atoms with E-state index in [1.807, 2.05) is 0 Å². The van der Waals surface area contributed by atoms with Crippen LogP contribution in [-0.2, 0) is 4.79 Å². The summed E-state index contributed by atoms with van der Waals surface area (Å²) in [7, 11) is 0. The lowest BCUT2D eigenvalue weighted by molar-refractivity contribution is -0.118. The molecule has 0 fully saturated rings. The van der Waals surface area contributed by atoms with Crippen LogP contribution in [0.4, 0.5) is 0 Å². The largest absolute Gasteiger partial charge is 0.508 e. The lowest BCUT2D eigenvalue weighted by Crippen LogP contribution is -2.20. The number of hydrogen-bond donors (Lipinski definition) is 3. The summed E-state index contributed by atoms with van der Waals surface area (Å²) in [4.78, 5) is 10.7. The molecule has 4 nitrogen and oxygen atoms in total. The first-order valence-corrected chi connectivity index (χ1v) is 4.82. The van der Waals surface area contributed by atoms with Crippen LogP contribution in [0.2, 0.25) is 5.02 Å². The SMILES string of the molecule is Cc1cc(O)c(C(N)CC(N)=O)cc1Cl. The zero-order valence-corrected chi connectivity index (χ0v) is 9.08. The number of halogens is 1. The monoisotopic (exact) mass is 228 g/mol. The van der Waals surface area contributed by atoms with Gasteiger partial charge in [-0.15, -0.1) is 0 Å². The molecular formula is C10H13ClN2O2. The molecule has 1 aromatic carbocycles. The molecule has 0 aliphatic rings. The van der Waals surface area contributed by atoms with E-state index in [-0.39, 0.29) is 12.2 Å². The summed E-state index contributed by atoms with van der Waals surface area (Å²) in [5.74, 6) is -0.482. The van der Waals surface area contributed by atoms with Crippen LogP contribution in [0.1, 0.15) is 23.6 Å². The summed E-state index contributed by atoms with van der Waals surface area (Å²) in [6.07, 6.45) is -0.0209. The number of rotatable bonds is 3. The van der Waals surface area contributed by atoms with Gasteiger partial charge in [0.05, 0.1) is 0 Å². The summed E-state index contributed by atoms with van der Waals surface area (Å²) >= 11 is 5.88. The van der Waals surface area contributed by atoms with E-state index in [9.17, 15) is 9.90 Å². The fraction of sp³-hybridized carbons (Fsp3) is 0.300. The Morgan fingerprint density at radius 1 is 1.60 bits per heavy atom. The zero-order chi connectivity index (χ0) is 11.6. The van der Waals surface area contributed by atoms with Crippen molar-refractivity contribution in [1.82, 2.24) is 0 Å². The van der Waals surface area contributed by atoms with E-state index in [0.29, 0.717) is 10.6 Å². The lowest BCUT2D eigenvalue weighted by atomic mass is 10.0. The Labute approximate surface area is 92.8 Å². The Kier molecular flexibility index (Phi) is 3.55. The molecule has 0 aromatic heterocycles. The first-order chi connectivity index (χ1) is 6.91. The van der Waals surface area contributed by atoms with Crippen molar-refractivity contribution in [3.63, 3.8) is 0 Å². The number of phenols is 1. The van der Waals surface area contributed by atoms with Gasteiger partial charge in [-0.1, -0.05) is 11.6 Å².